The van der Waals surface area contributed by atoms with Gasteiger partial charge in [0.1, 0.15) is 5.75 Å². The summed E-state index contributed by atoms with van der Waals surface area (Å²) in [6, 6.07) is 12.1. The van der Waals surface area contributed by atoms with E-state index in [0.29, 0.717) is 5.75 Å². The summed E-state index contributed by atoms with van der Waals surface area (Å²) in [5, 5.41) is 12.1. The van der Waals surface area contributed by atoms with E-state index in [1.807, 2.05) is 30.0 Å². The van der Waals surface area contributed by atoms with E-state index in [1.54, 1.807) is 0 Å². The lowest BCUT2D eigenvalue weighted by Gasteiger charge is -2.21. The molecule has 104 valence electrons. The van der Waals surface area contributed by atoms with Crippen molar-refractivity contribution in [2.75, 3.05) is 5.75 Å². The van der Waals surface area contributed by atoms with Crippen molar-refractivity contribution in [1.82, 2.24) is 0 Å². The van der Waals surface area contributed by atoms with Crippen LogP contribution in [-0.4, -0.2) is 10.9 Å². The summed E-state index contributed by atoms with van der Waals surface area (Å²) in [5.74, 6) is 4.59. The summed E-state index contributed by atoms with van der Waals surface area (Å²) in [6.45, 7) is 0. The highest BCUT2D eigenvalue weighted by Crippen LogP contribution is 2.50. The molecule has 0 aliphatic heterocycles. The third kappa shape index (κ3) is 2.10. The molecule has 2 bridgehead atoms. The summed E-state index contributed by atoms with van der Waals surface area (Å²) in [6.07, 6.45) is 5.88. The summed E-state index contributed by atoms with van der Waals surface area (Å²) in [4.78, 5) is 1.32. The molecular weight excluding hydrogens is 264 g/mol. The molecule has 2 aromatic rings. The highest BCUT2D eigenvalue weighted by molar-refractivity contribution is 7.99. The van der Waals surface area contributed by atoms with Gasteiger partial charge >= 0.3 is 0 Å². The van der Waals surface area contributed by atoms with Crippen LogP contribution in [0.4, 0.5) is 0 Å². The van der Waals surface area contributed by atoms with Crippen LogP contribution in [0.15, 0.2) is 41.3 Å². The fourth-order valence-electron chi connectivity index (χ4n) is 4.16. The van der Waals surface area contributed by atoms with Crippen molar-refractivity contribution in [3.8, 4) is 5.75 Å². The van der Waals surface area contributed by atoms with E-state index in [1.165, 1.54) is 41.7 Å². The fourth-order valence-corrected chi connectivity index (χ4v) is 5.46. The molecule has 0 amide bonds. The van der Waals surface area contributed by atoms with Gasteiger partial charge in [-0.15, -0.1) is 11.8 Å². The molecule has 0 radical (unpaired) electrons. The molecule has 2 aliphatic carbocycles. The topological polar surface area (TPSA) is 20.2 Å². The maximum Gasteiger partial charge on any atom is 0.123 e. The number of hydrogen-bond acceptors (Lipinski definition) is 2. The smallest absolute Gasteiger partial charge is 0.123 e. The zero-order valence-corrected chi connectivity index (χ0v) is 12.4. The Kier molecular flexibility index (Phi) is 3.14. The number of phenolic OH excluding ortho intramolecular Hbond substituents is 1. The number of fused-ring (bicyclic) bond motifs is 3. The van der Waals surface area contributed by atoms with Crippen LogP contribution in [0.1, 0.15) is 25.7 Å². The van der Waals surface area contributed by atoms with E-state index < -0.39 is 0 Å². The van der Waals surface area contributed by atoms with Crippen molar-refractivity contribution in [2.24, 2.45) is 17.8 Å². The lowest BCUT2D eigenvalue weighted by molar-refractivity contribution is 0.365. The Hall–Kier alpha value is -1.15. The summed E-state index contributed by atoms with van der Waals surface area (Å²) in [5.41, 5.74) is 0. The lowest BCUT2D eigenvalue weighted by Crippen LogP contribution is -2.12. The maximum atomic E-state index is 9.95. The highest BCUT2D eigenvalue weighted by Gasteiger charge is 2.39. The van der Waals surface area contributed by atoms with Gasteiger partial charge in [-0.3, -0.25) is 0 Å². The van der Waals surface area contributed by atoms with Gasteiger partial charge in [0.2, 0.25) is 0 Å². The third-order valence-corrected chi connectivity index (χ3v) is 6.46. The SMILES string of the molecule is Oc1ccc(SCC2CC3CCC2C3)c2ccccc12. The molecule has 2 heteroatoms. The molecule has 0 saturated heterocycles. The maximum absolute atomic E-state index is 9.95. The first-order valence-electron chi connectivity index (χ1n) is 7.65. The molecule has 2 aliphatic rings. The van der Waals surface area contributed by atoms with Crippen molar-refractivity contribution >= 4 is 22.5 Å². The molecule has 3 unspecified atom stereocenters. The lowest BCUT2D eigenvalue weighted by atomic mass is 9.90. The first-order valence-corrected chi connectivity index (χ1v) is 8.63. The highest BCUT2D eigenvalue weighted by atomic mass is 32.2. The van der Waals surface area contributed by atoms with Crippen molar-refractivity contribution in [3.63, 3.8) is 0 Å². The van der Waals surface area contributed by atoms with E-state index in [0.717, 1.165) is 23.1 Å². The molecule has 0 heterocycles. The van der Waals surface area contributed by atoms with Crippen molar-refractivity contribution < 1.29 is 5.11 Å². The minimum atomic E-state index is 0.393. The van der Waals surface area contributed by atoms with Gasteiger partial charge in [0.05, 0.1) is 0 Å². The Morgan fingerprint density at radius 1 is 1.00 bits per heavy atom. The van der Waals surface area contributed by atoms with Gasteiger partial charge in [0.15, 0.2) is 0 Å². The van der Waals surface area contributed by atoms with Gasteiger partial charge in [-0.1, -0.05) is 30.7 Å². The van der Waals surface area contributed by atoms with Crippen molar-refractivity contribution in [2.45, 2.75) is 30.6 Å². The largest absolute Gasteiger partial charge is 0.507 e. The Bertz CT molecular complexity index is 636. The first-order chi connectivity index (χ1) is 9.81. The number of aromatic hydroxyl groups is 1. The average Bonchev–Trinajstić information content (AvgIpc) is 3.09. The van der Waals surface area contributed by atoms with Crippen LogP contribution in [0.2, 0.25) is 0 Å². The molecule has 2 aromatic carbocycles. The molecule has 20 heavy (non-hydrogen) atoms. The molecule has 2 fully saturated rings. The normalized spacial score (nSPS) is 28.3. The predicted octanol–water partition coefficient (Wildman–Crippen LogP) is 5.07. The quantitative estimate of drug-likeness (QED) is 0.794. The molecular formula is C18H20OS. The van der Waals surface area contributed by atoms with Crippen molar-refractivity contribution in [3.05, 3.63) is 36.4 Å². The Morgan fingerprint density at radius 2 is 1.85 bits per heavy atom. The second-order valence-corrected chi connectivity index (χ2v) is 7.44. The Balaban J connectivity index is 1.56. The number of benzene rings is 2. The standard InChI is InChI=1S/C18H20OS/c19-17-7-8-18(16-4-2-1-3-15(16)17)20-11-14-10-12-5-6-13(14)9-12/h1-4,7-8,12-14,19H,5-6,9-11H2. The van der Waals surface area contributed by atoms with E-state index in [9.17, 15) is 5.11 Å². The van der Waals surface area contributed by atoms with Gasteiger partial charge in [0, 0.05) is 16.0 Å². The van der Waals surface area contributed by atoms with Crippen LogP contribution >= 0.6 is 11.8 Å². The van der Waals surface area contributed by atoms with Gasteiger partial charge in [-0.25, -0.2) is 0 Å². The zero-order chi connectivity index (χ0) is 13.5. The van der Waals surface area contributed by atoms with Crippen LogP contribution in [-0.2, 0) is 0 Å². The monoisotopic (exact) mass is 284 g/mol. The fraction of sp³-hybridized carbons (Fsp3) is 0.444. The molecule has 0 aromatic heterocycles. The van der Waals surface area contributed by atoms with E-state index in [4.69, 9.17) is 0 Å². The summed E-state index contributed by atoms with van der Waals surface area (Å²) < 4.78 is 0. The number of hydrogen-bond donors (Lipinski definition) is 1. The number of phenols is 1. The minimum absolute atomic E-state index is 0.393. The van der Waals surface area contributed by atoms with E-state index in [2.05, 4.69) is 18.2 Å². The molecule has 3 atom stereocenters. The van der Waals surface area contributed by atoms with Crippen LogP contribution in [0.25, 0.3) is 10.8 Å². The van der Waals surface area contributed by atoms with Crippen LogP contribution in [0.3, 0.4) is 0 Å². The molecule has 1 nitrogen and oxygen atoms in total. The molecule has 4 rings (SSSR count). The van der Waals surface area contributed by atoms with E-state index >= 15 is 0 Å². The molecule has 0 spiro atoms. The number of rotatable bonds is 3. The second kappa shape index (κ2) is 5.00. The average molecular weight is 284 g/mol. The Morgan fingerprint density at radius 3 is 2.60 bits per heavy atom. The minimum Gasteiger partial charge on any atom is -0.507 e. The van der Waals surface area contributed by atoms with E-state index in [-0.39, 0.29) is 0 Å². The number of thioether (sulfide) groups is 1. The second-order valence-electron chi connectivity index (χ2n) is 6.37. The van der Waals surface area contributed by atoms with Gasteiger partial charge in [-0.05, 0) is 54.5 Å². The van der Waals surface area contributed by atoms with Crippen LogP contribution < -0.4 is 0 Å². The van der Waals surface area contributed by atoms with Crippen LogP contribution in [0, 0.1) is 17.8 Å². The predicted molar refractivity (Wildman–Crippen MR) is 85.3 cm³/mol. The summed E-state index contributed by atoms with van der Waals surface area (Å²) >= 11 is 1.98. The van der Waals surface area contributed by atoms with Gasteiger partial charge in [-0.2, -0.15) is 0 Å². The van der Waals surface area contributed by atoms with Crippen molar-refractivity contribution in [1.29, 1.82) is 0 Å². The zero-order valence-electron chi connectivity index (χ0n) is 11.6. The molecule has 1 N–H and O–H groups in total. The molecule has 2 saturated carbocycles. The third-order valence-electron chi connectivity index (χ3n) is 5.20. The first kappa shape index (κ1) is 12.6. The summed E-state index contributed by atoms with van der Waals surface area (Å²) in [7, 11) is 0. The van der Waals surface area contributed by atoms with Crippen LogP contribution in [0.5, 0.6) is 5.75 Å². The van der Waals surface area contributed by atoms with Gasteiger partial charge in [0.25, 0.3) is 0 Å². The Labute approximate surface area is 124 Å². The van der Waals surface area contributed by atoms with Gasteiger partial charge < -0.3 is 5.11 Å².